The smallest absolute Gasteiger partial charge is 0.346 e. The number of thiophene rings is 2. The molecule has 0 aliphatic rings. The number of ether oxygens (including phenoxy) is 4. The molecule has 0 radical (unpaired) electrons. The highest BCUT2D eigenvalue weighted by Gasteiger charge is 2.22. The lowest BCUT2D eigenvalue weighted by Crippen LogP contribution is -2.10. The number of anilines is 3. The summed E-state index contributed by atoms with van der Waals surface area (Å²) >= 11 is 3.22. The Morgan fingerprint density at radius 3 is 1.42 bits per heavy atom. The van der Waals surface area contributed by atoms with Gasteiger partial charge in [0.2, 0.25) is 0 Å². The maximum absolute atomic E-state index is 12.0. The molecule has 426 valence electrons. The number of benzene rings is 5. The van der Waals surface area contributed by atoms with E-state index in [1.807, 2.05) is 18.2 Å². The molecule has 0 aliphatic carbocycles. The van der Waals surface area contributed by atoms with Gasteiger partial charge < -0.3 is 33.5 Å². The first-order valence-corrected chi connectivity index (χ1v) is 31.8. The van der Waals surface area contributed by atoms with Crippen molar-refractivity contribution in [1.29, 1.82) is 5.26 Å². The molecule has 81 heavy (non-hydrogen) atoms. The molecule has 1 N–H and O–H groups in total. The van der Waals surface area contributed by atoms with E-state index in [-0.39, 0.29) is 5.57 Å². The molecule has 3 aromatic heterocycles. The topological polar surface area (TPSA) is 106 Å². The van der Waals surface area contributed by atoms with Gasteiger partial charge in [-0.05, 0) is 140 Å². The molecule has 0 saturated heterocycles. The maximum atomic E-state index is 12.0. The van der Waals surface area contributed by atoms with Crippen molar-refractivity contribution < 1.29 is 28.8 Å². The molecule has 3 heterocycles. The Hall–Kier alpha value is -7.00. The van der Waals surface area contributed by atoms with Crippen LogP contribution < -0.4 is 23.8 Å². The molecule has 9 nitrogen and oxygen atoms in total. The molecule has 0 fully saturated rings. The molecule has 0 bridgehead atoms. The number of nitrogens with zero attached hydrogens (tertiary/aromatic N) is 3. The van der Waals surface area contributed by atoms with Gasteiger partial charge in [0, 0.05) is 32.5 Å². The largest absolute Gasteiger partial charge is 0.494 e. The Bertz CT molecular complexity index is 3160. The van der Waals surface area contributed by atoms with Crippen molar-refractivity contribution >= 4 is 72.2 Å². The van der Waals surface area contributed by atoms with Crippen LogP contribution in [0.4, 0.5) is 17.1 Å². The predicted molar refractivity (Wildman–Crippen MR) is 340 cm³/mol. The highest BCUT2D eigenvalue weighted by molar-refractivity contribution is 7.29. The summed E-state index contributed by atoms with van der Waals surface area (Å²) in [6, 6.07) is 46.5. The highest BCUT2D eigenvalue weighted by Crippen LogP contribution is 2.47. The lowest BCUT2D eigenvalue weighted by atomic mass is 10.0. The molecule has 0 aliphatic heterocycles. The summed E-state index contributed by atoms with van der Waals surface area (Å²) in [5.41, 5.74) is 8.76. The molecule has 5 aromatic carbocycles. The van der Waals surface area contributed by atoms with Gasteiger partial charge in [0.1, 0.15) is 34.6 Å². The molecule has 0 amide bonds. The maximum Gasteiger partial charge on any atom is 0.346 e. The molecular formula is C70H83N3O6S2. The van der Waals surface area contributed by atoms with Crippen LogP contribution in [0.3, 0.4) is 0 Å². The van der Waals surface area contributed by atoms with E-state index in [0.717, 1.165) is 126 Å². The number of rotatable bonds is 36. The Morgan fingerprint density at radius 2 is 0.938 bits per heavy atom. The third kappa shape index (κ3) is 16.6. The zero-order valence-electron chi connectivity index (χ0n) is 48.3. The first-order chi connectivity index (χ1) is 39.8. The Morgan fingerprint density at radius 1 is 0.519 bits per heavy atom. The van der Waals surface area contributed by atoms with E-state index >= 15 is 0 Å². The summed E-state index contributed by atoms with van der Waals surface area (Å²) in [6.07, 6.45) is 25.0. The van der Waals surface area contributed by atoms with Crippen molar-refractivity contribution in [3.63, 3.8) is 0 Å². The zero-order chi connectivity index (χ0) is 56.6. The van der Waals surface area contributed by atoms with Gasteiger partial charge in [-0.25, -0.2) is 4.79 Å². The van der Waals surface area contributed by atoms with E-state index in [1.54, 1.807) is 11.3 Å². The number of aliphatic carboxylic acids is 1. The summed E-state index contributed by atoms with van der Waals surface area (Å²) in [5.74, 6) is 2.14. The van der Waals surface area contributed by atoms with Crippen LogP contribution >= 0.6 is 22.7 Å². The number of carboxylic acid groups (broad SMARTS) is 1. The van der Waals surface area contributed by atoms with Crippen LogP contribution in [0.15, 0.2) is 133 Å². The first-order valence-electron chi connectivity index (χ1n) is 30.1. The van der Waals surface area contributed by atoms with E-state index in [2.05, 4.69) is 152 Å². The fourth-order valence-electron chi connectivity index (χ4n) is 10.3. The van der Waals surface area contributed by atoms with Gasteiger partial charge >= 0.3 is 5.97 Å². The van der Waals surface area contributed by atoms with Crippen LogP contribution in [0.2, 0.25) is 0 Å². The van der Waals surface area contributed by atoms with Crippen molar-refractivity contribution in [3.05, 3.63) is 138 Å². The number of carbonyl (C=O) groups is 1. The van der Waals surface area contributed by atoms with Gasteiger partial charge in [-0.3, -0.25) is 0 Å². The summed E-state index contributed by atoms with van der Waals surface area (Å²) in [5, 5.41) is 19.6. The van der Waals surface area contributed by atoms with Crippen molar-refractivity contribution in [2.24, 2.45) is 0 Å². The summed E-state index contributed by atoms with van der Waals surface area (Å²) < 4.78 is 29.9. The van der Waals surface area contributed by atoms with Gasteiger partial charge in [0.05, 0.1) is 52.4 Å². The van der Waals surface area contributed by atoms with Gasteiger partial charge in [0.15, 0.2) is 0 Å². The monoisotopic (exact) mass is 1130 g/mol. The average Bonchev–Trinajstić information content (AvgIpc) is 3.30. The third-order valence-electron chi connectivity index (χ3n) is 14.8. The lowest BCUT2D eigenvalue weighted by Gasteiger charge is -2.26. The van der Waals surface area contributed by atoms with E-state index in [0.29, 0.717) is 31.3 Å². The van der Waals surface area contributed by atoms with Crippen LogP contribution in [0, 0.1) is 11.3 Å². The first kappa shape index (κ1) is 60.1. The lowest BCUT2D eigenvalue weighted by molar-refractivity contribution is -0.132. The van der Waals surface area contributed by atoms with E-state index in [4.69, 9.17) is 18.9 Å². The second kappa shape index (κ2) is 31.9. The summed E-state index contributed by atoms with van der Waals surface area (Å²) in [6.45, 7) is 11.7. The SMILES string of the molecule is CCCCCCCCOc1cccc(OCCCCCCCC)c1-c1ccc(-n2c3cc(/C=C(/C#N)C(=O)O)sc3c3sc(-c4ccc(N(c5ccc(OCCCCCC)cc5)c5ccc(OCCCCCC)cc5)cc4)cc32)cc1. The summed E-state index contributed by atoms with van der Waals surface area (Å²) in [4.78, 5) is 16.1. The minimum atomic E-state index is -1.25. The van der Waals surface area contributed by atoms with Crippen molar-refractivity contribution in [2.75, 3.05) is 31.3 Å². The number of hydrogen-bond acceptors (Lipinski definition) is 9. The van der Waals surface area contributed by atoms with Gasteiger partial charge in [-0.15, -0.1) is 22.7 Å². The average molecular weight is 1130 g/mol. The second-order valence-electron chi connectivity index (χ2n) is 21.1. The fraction of sp³-hybridized carbons (Fsp3) is 0.400. The van der Waals surface area contributed by atoms with Crippen LogP contribution in [-0.4, -0.2) is 42.1 Å². The molecule has 11 heteroatoms. The molecule has 0 atom stereocenters. The number of nitriles is 1. The minimum Gasteiger partial charge on any atom is -0.494 e. The standard InChI is InChI=1S/C70H83N3O6S2/c1-5-9-13-17-19-23-46-78-64-26-25-27-65(79-47-24-20-18-14-10-6-2)67(64)53-30-34-58(35-31-53)73-62-49-61(48-54(51-71)70(74)75)80-68(62)69-63(73)50-66(81-69)52-28-32-55(33-29-52)72(56-36-40-59(41-37-56)76-44-21-15-11-7-3)57-38-42-60(43-39-57)77-45-22-16-12-8-4/h25-43,48-50H,5-24,44-47H2,1-4H3,(H,74,75)/b54-48-. The number of aromatic nitrogens is 1. The van der Waals surface area contributed by atoms with Crippen molar-refractivity contribution in [3.8, 4) is 56.3 Å². The normalized spacial score (nSPS) is 11.6. The van der Waals surface area contributed by atoms with Gasteiger partial charge in [0.25, 0.3) is 0 Å². The highest BCUT2D eigenvalue weighted by atomic mass is 32.1. The molecule has 8 rings (SSSR count). The van der Waals surface area contributed by atoms with Gasteiger partial charge in [-0.2, -0.15) is 5.26 Å². The summed E-state index contributed by atoms with van der Waals surface area (Å²) in [7, 11) is 0. The van der Waals surface area contributed by atoms with E-state index < -0.39 is 5.97 Å². The van der Waals surface area contributed by atoms with Crippen molar-refractivity contribution in [1.82, 2.24) is 4.57 Å². The Labute approximate surface area is 489 Å². The van der Waals surface area contributed by atoms with Crippen molar-refractivity contribution in [2.45, 2.75) is 156 Å². The van der Waals surface area contributed by atoms with Crippen LogP contribution in [0.5, 0.6) is 23.0 Å². The Kier molecular flexibility index (Phi) is 23.6. The predicted octanol–water partition coefficient (Wildman–Crippen LogP) is 21.1. The molecule has 8 aromatic rings. The molecule has 0 unspecified atom stereocenters. The van der Waals surface area contributed by atoms with E-state index in [1.165, 1.54) is 107 Å². The van der Waals surface area contributed by atoms with E-state index in [9.17, 15) is 15.2 Å². The number of unbranched alkanes of at least 4 members (excludes halogenated alkanes) is 16. The molecular weight excluding hydrogens is 1040 g/mol. The molecule has 0 spiro atoms. The second-order valence-corrected chi connectivity index (χ2v) is 23.2. The van der Waals surface area contributed by atoms with Gasteiger partial charge in [-0.1, -0.05) is 161 Å². The number of fused-ring (bicyclic) bond motifs is 3. The minimum absolute atomic E-state index is 0.303. The zero-order valence-corrected chi connectivity index (χ0v) is 50.0. The third-order valence-corrected chi connectivity index (χ3v) is 17.2. The Balaban J connectivity index is 1.12. The van der Waals surface area contributed by atoms with Crippen LogP contribution in [-0.2, 0) is 4.79 Å². The number of carboxylic acids is 1. The fourth-order valence-corrected chi connectivity index (χ4v) is 12.7. The number of hydrogen-bond donors (Lipinski definition) is 1. The van der Waals surface area contributed by atoms with Crippen LogP contribution in [0.1, 0.15) is 161 Å². The quantitative estimate of drug-likeness (QED) is 0.0235. The molecule has 0 saturated carbocycles. The van der Waals surface area contributed by atoms with Crippen LogP contribution in [0.25, 0.3) is 53.8 Å².